The molecule has 0 unspecified atom stereocenters. The quantitative estimate of drug-likeness (QED) is 0.653. The lowest BCUT2D eigenvalue weighted by atomic mass is 10.2. The van der Waals surface area contributed by atoms with Crippen LogP contribution >= 0.6 is 11.8 Å². The topological polar surface area (TPSA) is 34.9 Å². The van der Waals surface area contributed by atoms with Crippen LogP contribution in [0, 0.1) is 5.92 Å². The van der Waals surface area contributed by atoms with E-state index in [1.807, 2.05) is 24.3 Å². The van der Waals surface area contributed by atoms with Crippen LogP contribution in [0.4, 0.5) is 0 Å². The van der Waals surface area contributed by atoms with E-state index in [1.165, 1.54) is 0 Å². The zero-order chi connectivity index (χ0) is 11.1. The Morgan fingerprint density at radius 1 is 1.44 bits per heavy atom. The van der Waals surface area contributed by atoms with E-state index >= 15 is 0 Å². The van der Waals surface area contributed by atoms with Gasteiger partial charge in [0.1, 0.15) is 0 Å². The molecule has 1 atom stereocenters. The van der Waals surface area contributed by atoms with Crippen molar-refractivity contribution in [3.63, 3.8) is 0 Å². The third-order valence-corrected chi connectivity index (χ3v) is 4.12. The van der Waals surface area contributed by atoms with E-state index in [0.717, 1.165) is 28.4 Å². The van der Waals surface area contributed by atoms with Crippen LogP contribution in [0.25, 0.3) is 10.9 Å². The molecule has 1 aromatic heterocycles. The van der Waals surface area contributed by atoms with Gasteiger partial charge >= 0.3 is 0 Å². The zero-order valence-electron chi connectivity index (χ0n) is 9.01. The minimum atomic E-state index is 0.0969. The first kappa shape index (κ1) is 9.90. The van der Waals surface area contributed by atoms with E-state index < -0.39 is 0 Å². The van der Waals surface area contributed by atoms with Crippen LogP contribution in [-0.4, -0.2) is 15.3 Å². The monoisotopic (exact) mass is 232 g/mol. The molecule has 3 nitrogen and oxygen atoms in total. The summed E-state index contributed by atoms with van der Waals surface area (Å²) in [4.78, 5) is 16.8. The number of fused-ring (bicyclic) bond motifs is 2. The molecule has 2 aromatic rings. The summed E-state index contributed by atoms with van der Waals surface area (Å²) in [6.07, 6.45) is 0. The maximum Gasteiger partial charge on any atom is 0.262 e. The van der Waals surface area contributed by atoms with Gasteiger partial charge in [0.05, 0.1) is 10.9 Å². The first-order chi connectivity index (χ1) is 7.75. The summed E-state index contributed by atoms with van der Waals surface area (Å²) in [5.74, 6) is 1.59. The lowest BCUT2D eigenvalue weighted by Crippen LogP contribution is -2.29. The second-order valence-corrected chi connectivity index (χ2v) is 5.23. The normalized spacial score (nSPS) is 19.7. The molecular weight excluding hydrogens is 220 g/mol. The second kappa shape index (κ2) is 3.63. The van der Waals surface area contributed by atoms with Gasteiger partial charge in [-0.3, -0.25) is 9.36 Å². The molecule has 0 aliphatic carbocycles. The number of aromatic nitrogens is 2. The molecule has 16 heavy (non-hydrogen) atoms. The van der Waals surface area contributed by atoms with E-state index in [-0.39, 0.29) is 5.56 Å². The van der Waals surface area contributed by atoms with Gasteiger partial charge in [-0.05, 0) is 18.1 Å². The third-order valence-electron chi connectivity index (χ3n) is 2.82. The number of benzene rings is 1. The van der Waals surface area contributed by atoms with E-state index in [4.69, 9.17) is 0 Å². The number of nitrogens with zero attached hydrogens (tertiary/aromatic N) is 2. The molecule has 0 bridgehead atoms. The maximum absolute atomic E-state index is 12.2. The summed E-state index contributed by atoms with van der Waals surface area (Å²) in [5.41, 5.74) is 0.903. The molecule has 4 heteroatoms. The maximum atomic E-state index is 12.2. The Balaban J connectivity index is 2.34. The van der Waals surface area contributed by atoms with Gasteiger partial charge in [-0.2, -0.15) is 0 Å². The van der Waals surface area contributed by atoms with Crippen LogP contribution in [0.2, 0.25) is 0 Å². The average Bonchev–Trinajstić information content (AvgIpc) is 2.31. The largest absolute Gasteiger partial charge is 0.287 e. The fourth-order valence-corrected chi connectivity index (χ4v) is 3.02. The van der Waals surface area contributed by atoms with Crippen molar-refractivity contribution in [2.75, 3.05) is 5.75 Å². The highest BCUT2D eigenvalue weighted by Gasteiger charge is 2.18. The van der Waals surface area contributed by atoms with Crippen molar-refractivity contribution in [1.29, 1.82) is 0 Å². The summed E-state index contributed by atoms with van der Waals surface area (Å²) in [6, 6.07) is 7.55. The Morgan fingerprint density at radius 3 is 3.12 bits per heavy atom. The van der Waals surface area contributed by atoms with E-state index in [2.05, 4.69) is 11.9 Å². The molecule has 0 saturated carbocycles. The van der Waals surface area contributed by atoms with Gasteiger partial charge in [0.25, 0.3) is 5.56 Å². The van der Waals surface area contributed by atoms with Gasteiger partial charge in [-0.1, -0.05) is 30.8 Å². The van der Waals surface area contributed by atoms with Crippen molar-refractivity contribution in [3.05, 3.63) is 34.6 Å². The van der Waals surface area contributed by atoms with Crippen LogP contribution in [0.1, 0.15) is 6.92 Å². The lowest BCUT2D eigenvalue weighted by Gasteiger charge is -2.22. The fourth-order valence-electron chi connectivity index (χ4n) is 2.00. The van der Waals surface area contributed by atoms with Gasteiger partial charge in [0.15, 0.2) is 5.16 Å². The molecule has 1 aromatic carbocycles. The number of thioether (sulfide) groups is 1. The minimum Gasteiger partial charge on any atom is -0.287 e. The average molecular weight is 232 g/mol. The van der Waals surface area contributed by atoms with Crippen LogP contribution in [-0.2, 0) is 6.54 Å². The molecule has 0 spiro atoms. The summed E-state index contributed by atoms with van der Waals surface area (Å²) < 4.78 is 1.81. The molecule has 0 N–H and O–H groups in total. The molecule has 0 amide bonds. The fraction of sp³-hybridized carbons (Fsp3) is 0.333. The zero-order valence-corrected chi connectivity index (χ0v) is 9.83. The molecule has 0 fully saturated rings. The van der Waals surface area contributed by atoms with Crippen LogP contribution < -0.4 is 5.56 Å². The molecule has 0 radical (unpaired) electrons. The number of rotatable bonds is 0. The van der Waals surface area contributed by atoms with Gasteiger partial charge in [-0.15, -0.1) is 0 Å². The van der Waals surface area contributed by atoms with Gasteiger partial charge in [0.2, 0.25) is 0 Å². The van der Waals surface area contributed by atoms with Crippen molar-refractivity contribution in [2.45, 2.75) is 18.6 Å². The number of hydrogen-bond acceptors (Lipinski definition) is 3. The van der Waals surface area contributed by atoms with Crippen molar-refractivity contribution in [1.82, 2.24) is 9.55 Å². The van der Waals surface area contributed by atoms with Crippen LogP contribution in [0.15, 0.2) is 34.2 Å². The summed E-state index contributed by atoms with van der Waals surface area (Å²) in [5, 5.41) is 1.59. The highest BCUT2D eigenvalue weighted by Crippen LogP contribution is 2.25. The predicted octanol–water partition coefficient (Wildman–Crippen LogP) is 2.14. The second-order valence-electron chi connectivity index (χ2n) is 4.24. The first-order valence-corrected chi connectivity index (χ1v) is 6.36. The summed E-state index contributed by atoms with van der Waals surface area (Å²) in [7, 11) is 0. The van der Waals surface area contributed by atoms with Gasteiger partial charge in [0, 0.05) is 12.3 Å². The smallest absolute Gasteiger partial charge is 0.262 e. The first-order valence-electron chi connectivity index (χ1n) is 5.38. The van der Waals surface area contributed by atoms with Crippen LogP contribution in [0.5, 0.6) is 0 Å². The number of para-hydroxylation sites is 1. The van der Waals surface area contributed by atoms with E-state index in [1.54, 1.807) is 16.3 Å². The Labute approximate surface area is 97.5 Å². The van der Waals surface area contributed by atoms with Crippen molar-refractivity contribution >= 4 is 22.7 Å². The highest BCUT2D eigenvalue weighted by atomic mass is 32.2. The summed E-state index contributed by atoms with van der Waals surface area (Å²) >= 11 is 1.68. The lowest BCUT2D eigenvalue weighted by molar-refractivity contribution is 0.464. The van der Waals surface area contributed by atoms with Gasteiger partial charge < -0.3 is 0 Å². The van der Waals surface area contributed by atoms with Gasteiger partial charge in [-0.25, -0.2) is 4.98 Å². The molecule has 0 saturated heterocycles. The molecule has 2 heterocycles. The number of hydrogen-bond donors (Lipinski definition) is 0. The molecule has 3 rings (SSSR count). The molecule has 1 aliphatic heterocycles. The Kier molecular flexibility index (Phi) is 2.24. The SMILES string of the molecule is C[C@H]1CSc2nc3ccccc3c(=O)n2C1. The van der Waals surface area contributed by atoms with E-state index in [9.17, 15) is 4.79 Å². The van der Waals surface area contributed by atoms with Crippen LogP contribution in [0.3, 0.4) is 0 Å². The van der Waals surface area contributed by atoms with Crippen molar-refractivity contribution in [2.24, 2.45) is 5.92 Å². The standard InChI is InChI=1S/C12H12N2OS/c1-8-6-14-11(15)9-4-2-3-5-10(9)13-12(14)16-7-8/h2-5,8H,6-7H2,1H3/t8-/m1/s1. The predicted molar refractivity (Wildman–Crippen MR) is 65.9 cm³/mol. The van der Waals surface area contributed by atoms with Crippen molar-refractivity contribution in [3.8, 4) is 0 Å². The van der Waals surface area contributed by atoms with E-state index in [0.29, 0.717) is 5.92 Å². The Hall–Kier alpha value is -1.29. The highest BCUT2D eigenvalue weighted by molar-refractivity contribution is 7.99. The third kappa shape index (κ3) is 1.45. The molecule has 1 aliphatic rings. The molecule has 82 valence electrons. The Bertz CT molecular complexity index is 605. The minimum absolute atomic E-state index is 0.0969. The molecular formula is C12H12N2OS. The Morgan fingerprint density at radius 2 is 2.25 bits per heavy atom. The summed E-state index contributed by atoms with van der Waals surface area (Å²) in [6.45, 7) is 2.95. The van der Waals surface area contributed by atoms with Crippen molar-refractivity contribution < 1.29 is 0 Å².